The second kappa shape index (κ2) is 14.0. The third-order valence-electron chi connectivity index (χ3n) is 8.38. The van der Waals surface area contributed by atoms with Gasteiger partial charge in [-0.3, -0.25) is 14.3 Å². The lowest BCUT2D eigenvalue weighted by molar-refractivity contribution is -0.142. The van der Waals surface area contributed by atoms with Crippen LogP contribution in [-0.4, -0.2) is 37.3 Å². The van der Waals surface area contributed by atoms with E-state index in [9.17, 15) is 41.0 Å². The van der Waals surface area contributed by atoms with Gasteiger partial charge in [-0.2, -0.15) is 27.1 Å². The number of fused-ring (bicyclic) bond motifs is 1. The number of halogens is 8. The van der Waals surface area contributed by atoms with E-state index < -0.39 is 101 Å². The molecule has 4 N–H and O–H groups in total. The van der Waals surface area contributed by atoms with Gasteiger partial charge in [0.1, 0.15) is 41.0 Å². The van der Waals surface area contributed by atoms with Gasteiger partial charge in [-0.25, -0.2) is 18.2 Å². The van der Waals surface area contributed by atoms with Gasteiger partial charge in [-0.1, -0.05) is 18.9 Å². The molecule has 2 atom stereocenters. The highest BCUT2D eigenvalue weighted by Crippen LogP contribution is 2.50. The first-order valence-electron chi connectivity index (χ1n) is 15.8. The van der Waals surface area contributed by atoms with Gasteiger partial charge in [0, 0.05) is 23.1 Å². The van der Waals surface area contributed by atoms with E-state index in [1.165, 1.54) is 39.0 Å². The number of hydrogen-bond donors (Lipinski definition) is 3. The lowest BCUT2D eigenvalue weighted by Gasteiger charge is -2.23. The van der Waals surface area contributed by atoms with Crippen molar-refractivity contribution in [2.45, 2.75) is 70.3 Å². The molecule has 0 bridgehead atoms. The molecule has 0 fully saturated rings. The molecule has 5 rings (SSSR count). The Balaban J connectivity index is 1.65. The fourth-order valence-electron chi connectivity index (χ4n) is 6.09. The molecule has 2 amide bonds. The van der Waals surface area contributed by atoms with Crippen molar-refractivity contribution < 1.29 is 49.8 Å². The average molecular weight is 734 g/mol. The number of nitrogens with one attached hydrogen (secondary N) is 1. The Hall–Kier alpha value is -5.30. The standard InChI is InChI=1S/C36H31F8N5O3/c1-4-20-15-26-31(36(42,43)44)48-49(32(26)35(20,40)41)17-29(50)47-28(13-18-11-21(37)16-22(38)12-18)30-24(7-6-23(46-30)9-10-34(2,3)52)19-5-8-27(39)25(14-19)33(45)51/h5-8,11-12,14,16,20,28,52H,4,13,15,17H2,1-3H3,(H2,45,51)(H,47,50). The number of hydrogen-bond acceptors (Lipinski definition) is 5. The molecule has 16 heteroatoms. The minimum Gasteiger partial charge on any atom is -0.378 e. The average Bonchev–Trinajstić information content (AvgIpc) is 3.53. The second-order valence-electron chi connectivity index (χ2n) is 12.9. The molecule has 0 saturated carbocycles. The van der Waals surface area contributed by atoms with Crippen LogP contribution in [0.3, 0.4) is 0 Å². The lowest BCUT2D eigenvalue weighted by atomic mass is 9.94. The van der Waals surface area contributed by atoms with Crippen molar-refractivity contribution in [2.24, 2.45) is 11.7 Å². The maximum Gasteiger partial charge on any atom is 0.435 e. The fourth-order valence-corrected chi connectivity index (χ4v) is 6.09. The molecule has 2 unspecified atom stereocenters. The Labute approximate surface area is 292 Å². The van der Waals surface area contributed by atoms with Crippen molar-refractivity contribution in [1.82, 2.24) is 20.1 Å². The molecular weight excluding hydrogens is 702 g/mol. The summed E-state index contributed by atoms with van der Waals surface area (Å²) in [6, 6.07) is 7.18. The van der Waals surface area contributed by atoms with Crippen LogP contribution in [0, 0.1) is 35.2 Å². The number of aliphatic hydroxyl groups is 1. The van der Waals surface area contributed by atoms with Gasteiger partial charge >= 0.3 is 6.18 Å². The number of primary amides is 1. The van der Waals surface area contributed by atoms with E-state index in [0.717, 1.165) is 24.3 Å². The van der Waals surface area contributed by atoms with Crippen LogP contribution in [0.4, 0.5) is 35.1 Å². The SMILES string of the molecule is CCC1Cc2c(C(F)(F)F)nn(CC(=O)NC(Cc3cc(F)cc(F)c3)c3nc(C#CC(C)(C)O)ccc3-c3ccc(F)c(C(N)=O)c3)c2C1(F)F. The topological polar surface area (TPSA) is 123 Å². The number of nitrogens with zero attached hydrogens (tertiary/aromatic N) is 3. The Morgan fingerprint density at radius 1 is 1.08 bits per heavy atom. The van der Waals surface area contributed by atoms with Gasteiger partial charge in [-0.05, 0) is 86.6 Å². The summed E-state index contributed by atoms with van der Waals surface area (Å²) in [5.74, 6) is -5.17. The third-order valence-corrected chi connectivity index (χ3v) is 8.38. The molecule has 0 aliphatic heterocycles. The molecule has 52 heavy (non-hydrogen) atoms. The fraction of sp³-hybridized carbons (Fsp3) is 0.333. The molecule has 1 aliphatic carbocycles. The number of alkyl halides is 5. The highest BCUT2D eigenvalue weighted by Gasteiger charge is 2.55. The Morgan fingerprint density at radius 3 is 2.35 bits per heavy atom. The van der Waals surface area contributed by atoms with Crippen LogP contribution in [0.15, 0.2) is 48.5 Å². The summed E-state index contributed by atoms with van der Waals surface area (Å²) in [5, 5.41) is 16.0. The van der Waals surface area contributed by atoms with E-state index in [1.807, 2.05) is 0 Å². The van der Waals surface area contributed by atoms with E-state index >= 15 is 8.78 Å². The van der Waals surface area contributed by atoms with Crippen LogP contribution in [0.1, 0.15) is 77.5 Å². The summed E-state index contributed by atoms with van der Waals surface area (Å²) in [5.41, 5.74) is 0.176. The molecule has 2 aromatic carbocycles. The van der Waals surface area contributed by atoms with E-state index in [0.29, 0.717) is 10.7 Å². The first-order valence-corrected chi connectivity index (χ1v) is 15.8. The minimum absolute atomic E-state index is 0.00717. The van der Waals surface area contributed by atoms with Crippen LogP contribution in [0.2, 0.25) is 0 Å². The summed E-state index contributed by atoms with van der Waals surface area (Å²) in [7, 11) is 0. The van der Waals surface area contributed by atoms with Crippen LogP contribution >= 0.6 is 0 Å². The van der Waals surface area contributed by atoms with Crippen LogP contribution in [0.25, 0.3) is 11.1 Å². The zero-order chi connectivity index (χ0) is 38.3. The number of amides is 2. The normalized spacial score (nSPS) is 15.8. The predicted octanol–water partition coefficient (Wildman–Crippen LogP) is 6.38. The summed E-state index contributed by atoms with van der Waals surface area (Å²) < 4.78 is 116. The third kappa shape index (κ3) is 8.09. The smallest absolute Gasteiger partial charge is 0.378 e. The summed E-state index contributed by atoms with van der Waals surface area (Å²) in [6.07, 6.45) is -6.29. The van der Waals surface area contributed by atoms with Gasteiger partial charge in [-0.15, -0.1) is 0 Å². The van der Waals surface area contributed by atoms with Crippen LogP contribution in [-0.2, 0) is 36.3 Å². The zero-order valence-electron chi connectivity index (χ0n) is 27.8. The minimum atomic E-state index is -5.10. The molecule has 274 valence electrons. The zero-order valence-corrected chi connectivity index (χ0v) is 27.8. The second-order valence-corrected chi connectivity index (χ2v) is 12.9. The molecule has 0 radical (unpaired) electrons. The maximum absolute atomic E-state index is 15.4. The van der Waals surface area contributed by atoms with Gasteiger partial charge in [0.05, 0.1) is 17.3 Å². The van der Waals surface area contributed by atoms with E-state index in [-0.39, 0.29) is 34.5 Å². The number of rotatable bonds is 9. The van der Waals surface area contributed by atoms with E-state index in [2.05, 4.69) is 27.2 Å². The summed E-state index contributed by atoms with van der Waals surface area (Å²) >= 11 is 0. The predicted molar refractivity (Wildman–Crippen MR) is 171 cm³/mol. The first-order chi connectivity index (χ1) is 24.2. The van der Waals surface area contributed by atoms with Gasteiger partial charge in [0.2, 0.25) is 5.91 Å². The Kier molecular flexibility index (Phi) is 10.2. The molecule has 4 aromatic rings. The van der Waals surface area contributed by atoms with Crippen LogP contribution < -0.4 is 11.1 Å². The van der Waals surface area contributed by atoms with Gasteiger partial charge in [0.25, 0.3) is 11.8 Å². The summed E-state index contributed by atoms with van der Waals surface area (Å²) in [6.45, 7) is 3.07. The quantitative estimate of drug-likeness (QED) is 0.136. The molecule has 2 heterocycles. The Bertz CT molecular complexity index is 2090. The largest absolute Gasteiger partial charge is 0.435 e. The number of aromatic nitrogens is 3. The number of nitrogens with two attached hydrogens (primary N) is 1. The molecule has 1 aliphatic rings. The molecule has 8 nitrogen and oxygen atoms in total. The van der Waals surface area contributed by atoms with Crippen molar-refractivity contribution in [1.29, 1.82) is 0 Å². The molecular formula is C36H31F8N5O3. The van der Waals surface area contributed by atoms with E-state index in [1.54, 1.807) is 0 Å². The highest BCUT2D eigenvalue weighted by molar-refractivity contribution is 5.94. The number of carbonyl (C=O) groups is 2. The van der Waals surface area contributed by atoms with Crippen molar-refractivity contribution in [3.8, 4) is 23.0 Å². The maximum atomic E-state index is 15.4. The molecule has 0 spiro atoms. The highest BCUT2D eigenvalue weighted by atomic mass is 19.4. The molecule has 2 aromatic heterocycles. The number of pyridine rings is 1. The van der Waals surface area contributed by atoms with E-state index in [4.69, 9.17) is 5.73 Å². The number of benzene rings is 2. The van der Waals surface area contributed by atoms with Gasteiger partial charge < -0.3 is 16.2 Å². The summed E-state index contributed by atoms with van der Waals surface area (Å²) in [4.78, 5) is 30.1. The molecule has 0 saturated heterocycles. The monoisotopic (exact) mass is 733 g/mol. The van der Waals surface area contributed by atoms with Crippen molar-refractivity contribution in [3.63, 3.8) is 0 Å². The van der Waals surface area contributed by atoms with Crippen molar-refractivity contribution in [3.05, 3.63) is 105 Å². The lowest BCUT2D eigenvalue weighted by Crippen LogP contribution is -2.35. The van der Waals surface area contributed by atoms with Crippen LogP contribution in [0.5, 0.6) is 0 Å². The first kappa shape index (κ1) is 37.9. The Morgan fingerprint density at radius 2 is 1.75 bits per heavy atom. The van der Waals surface area contributed by atoms with Gasteiger partial charge in [0.15, 0.2) is 5.69 Å². The van der Waals surface area contributed by atoms with Crippen molar-refractivity contribution in [2.75, 3.05) is 0 Å². The number of carbonyl (C=O) groups excluding carboxylic acids is 2. The van der Waals surface area contributed by atoms with Crippen molar-refractivity contribution >= 4 is 11.8 Å².